The Hall–Kier alpha value is -3.89. The van der Waals surface area contributed by atoms with Crippen molar-refractivity contribution < 1.29 is 13.6 Å². The molecule has 0 aliphatic heterocycles. The molecule has 148 valence electrons. The predicted molar refractivity (Wildman–Crippen MR) is 101 cm³/mol. The van der Waals surface area contributed by atoms with Crippen molar-refractivity contribution in [2.75, 3.05) is 5.32 Å². The average molecular weight is 398 g/mol. The van der Waals surface area contributed by atoms with Gasteiger partial charge in [0.1, 0.15) is 6.54 Å². The Bertz CT molecular complexity index is 1170. The van der Waals surface area contributed by atoms with Crippen LogP contribution in [0.3, 0.4) is 0 Å². The molecule has 1 amide bonds. The number of nitrogens with one attached hydrogen (secondary N) is 1. The quantitative estimate of drug-likeness (QED) is 0.493. The number of anilines is 2. The van der Waals surface area contributed by atoms with E-state index in [2.05, 4.69) is 25.5 Å². The van der Waals surface area contributed by atoms with E-state index in [0.29, 0.717) is 34.4 Å². The van der Waals surface area contributed by atoms with Crippen molar-refractivity contribution in [3.63, 3.8) is 0 Å². The molecule has 4 rings (SSSR count). The lowest BCUT2D eigenvalue weighted by Gasteiger charge is -2.08. The summed E-state index contributed by atoms with van der Waals surface area (Å²) < 4.78 is 27.7. The molecule has 0 aliphatic carbocycles. The standard InChI is InChI=1S/C18H16F2N8O/c19-15(20)10-27-9-13(7-23-27)25-18-22-5-12-6-24-28(17(12)26-18)8-11-3-1-2-4-14(11)16(21)29/h1-7,9,15H,8,10H2,(H2,21,29)(H,22,25,26). The molecule has 0 saturated carbocycles. The van der Waals surface area contributed by atoms with Gasteiger partial charge in [0.2, 0.25) is 11.9 Å². The van der Waals surface area contributed by atoms with E-state index in [9.17, 15) is 13.6 Å². The molecule has 11 heteroatoms. The third-order valence-corrected chi connectivity index (χ3v) is 4.19. The molecule has 3 aromatic heterocycles. The fraction of sp³-hybridized carbons (Fsp3) is 0.167. The number of fused-ring (bicyclic) bond motifs is 1. The number of amides is 1. The molecule has 9 nitrogen and oxygen atoms in total. The van der Waals surface area contributed by atoms with Crippen molar-refractivity contribution in [1.82, 2.24) is 29.5 Å². The van der Waals surface area contributed by atoms with Crippen LogP contribution in [-0.2, 0) is 13.1 Å². The number of alkyl halides is 2. The molecule has 0 bridgehead atoms. The van der Waals surface area contributed by atoms with Gasteiger partial charge in [-0.25, -0.2) is 18.4 Å². The average Bonchev–Trinajstić information content (AvgIpc) is 3.28. The number of primary amides is 1. The number of carbonyl (C=O) groups is 1. The third kappa shape index (κ3) is 4.03. The Morgan fingerprint density at radius 2 is 2.00 bits per heavy atom. The summed E-state index contributed by atoms with van der Waals surface area (Å²) >= 11 is 0. The second-order valence-electron chi connectivity index (χ2n) is 6.26. The lowest BCUT2D eigenvalue weighted by atomic mass is 10.1. The van der Waals surface area contributed by atoms with Crippen molar-refractivity contribution in [3.05, 3.63) is 60.2 Å². The van der Waals surface area contributed by atoms with Crippen molar-refractivity contribution in [2.45, 2.75) is 19.5 Å². The second kappa shape index (κ2) is 7.62. The summed E-state index contributed by atoms with van der Waals surface area (Å²) in [7, 11) is 0. The van der Waals surface area contributed by atoms with Gasteiger partial charge >= 0.3 is 0 Å². The number of nitrogens with two attached hydrogens (primary N) is 1. The number of hydrogen-bond donors (Lipinski definition) is 2. The Morgan fingerprint density at radius 3 is 2.79 bits per heavy atom. The minimum atomic E-state index is -2.49. The van der Waals surface area contributed by atoms with E-state index in [4.69, 9.17) is 5.73 Å². The highest BCUT2D eigenvalue weighted by Crippen LogP contribution is 2.18. The number of hydrogen-bond acceptors (Lipinski definition) is 6. The number of halogens is 2. The minimum absolute atomic E-state index is 0.263. The van der Waals surface area contributed by atoms with E-state index < -0.39 is 18.9 Å². The van der Waals surface area contributed by atoms with E-state index in [1.165, 1.54) is 12.4 Å². The predicted octanol–water partition coefficient (Wildman–Crippen LogP) is 2.18. The fourth-order valence-electron chi connectivity index (χ4n) is 2.90. The van der Waals surface area contributed by atoms with Crippen molar-refractivity contribution in [3.8, 4) is 0 Å². The van der Waals surface area contributed by atoms with Gasteiger partial charge in [-0.05, 0) is 11.6 Å². The van der Waals surface area contributed by atoms with Gasteiger partial charge in [0.15, 0.2) is 5.65 Å². The number of benzene rings is 1. The van der Waals surface area contributed by atoms with E-state index in [0.717, 1.165) is 4.68 Å². The van der Waals surface area contributed by atoms with Crippen molar-refractivity contribution in [1.29, 1.82) is 0 Å². The monoisotopic (exact) mass is 398 g/mol. The summed E-state index contributed by atoms with van der Waals surface area (Å²) in [6, 6.07) is 7.00. The molecule has 4 aromatic rings. The maximum Gasteiger partial charge on any atom is 0.257 e. The van der Waals surface area contributed by atoms with Crippen LogP contribution in [0.5, 0.6) is 0 Å². The van der Waals surface area contributed by atoms with Gasteiger partial charge in [0.25, 0.3) is 6.43 Å². The Kier molecular flexibility index (Phi) is 4.85. The maximum atomic E-state index is 12.5. The van der Waals surface area contributed by atoms with Crippen LogP contribution in [0.25, 0.3) is 11.0 Å². The lowest BCUT2D eigenvalue weighted by Crippen LogP contribution is -2.15. The molecule has 0 aliphatic rings. The van der Waals surface area contributed by atoms with Crippen molar-refractivity contribution in [2.24, 2.45) is 5.73 Å². The summed E-state index contributed by atoms with van der Waals surface area (Å²) in [5.41, 5.74) is 7.59. The third-order valence-electron chi connectivity index (χ3n) is 4.19. The highest BCUT2D eigenvalue weighted by Gasteiger charge is 2.12. The van der Waals surface area contributed by atoms with Gasteiger partial charge in [0.05, 0.1) is 30.0 Å². The smallest absolute Gasteiger partial charge is 0.257 e. The van der Waals surface area contributed by atoms with Crippen LogP contribution in [0, 0.1) is 0 Å². The molecule has 1 aromatic carbocycles. The first kappa shape index (κ1) is 18.5. The molecule has 0 fully saturated rings. The minimum Gasteiger partial charge on any atom is -0.366 e. The molecular weight excluding hydrogens is 382 g/mol. The maximum absolute atomic E-state index is 12.5. The first-order valence-electron chi connectivity index (χ1n) is 8.63. The molecule has 0 atom stereocenters. The van der Waals surface area contributed by atoms with Crippen LogP contribution < -0.4 is 11.1 Å². The molecule has 3 N–H and O–H groups in total. The van der Waals surface area contributed by atoms with Crippen LogP contribution in [0.1, 0.15) is 15.9 Å². The zero-order valence-electron chi connectivity index (χ0n) is 15.0. The van der Waals surface area contributed by atoms with Crippen LogP contribution in [0.15, 0.2) is 49.1 Å². The van der Waals surface area contributed by atoms with Gasteiger partial charge < -0.3 is 11.1 Å². The van der Waals surface area contributed by atoms with Crippen LogP contribution in [0.4, 0.5) is 20.4 Å². The van der Waals surface area contributed by atoms with Gasteiger partial charge in [-0.1, -0.05) is 18.2 Å². The first-order valence-corrected chi connectivity index (χ1v) is 8.63. The van der Waals surface area contributed by atoms with Gasteiger partial charge in [0, 0.05) is 18.0 Å². The normalized spacial score (nSPS) is 11.3. The molecular formula is C18H16F2N8O. The number of aromatic nitrogens is 6. The number of nitrogens with zero attached hydrogens (tertiary/aromatic N) is 6. The largest absolute Gasteiger partial charge is 0.366 e. The molecule has 0 unspecified atom stereocenters. The van der Waals surface area contributed by atoms with E-state index in [1.54, 1.807) is 35.3 Å². The molecule has 0 saturated heterocycles. The summed E-state index contributed by atoms with van der Waals surface area (Å²) in [6.07, 6.45) is 3.58. The zero-order chi connectivity index (χ0) is 20.4. The second-order valence-corrected chi connectivity index (χ2v) is 6.26. The van der Waals surface area contributed by atoms with E-state index >= 15 is 0 Å². The lowest BCUT2D eigenvalue weighted by molar-refractivity contribution is 0.0999. The Balaban J connectivity index is 1.60. The Labute approximate surface area is 163 Å². The van der Waals surface area contributed by atoms with Gasteiger partial charge in [-0.3, -0.25) is 9.48 Å². The highest BCUT2D eigenvalue weighted by atomic mass is 19.3. The van der Waals surface area contributed by atoms with Crippen LogP contribution in [-0.4, -0.2) is 41.9 Å². The van der Waals surface area contributed by atoms with Gasteiger partial charge in [-0.2, -0.15) is 15.2 Å². The zero-order valence-corrected chi connectivity index (χ0v) is 15.0. The van der Waals surface area contributed by atoms with Crippen molar-refractivity contribution >= 4 is 28.6 Å². The molecule has 0 spiro atoms. The summed E-state index contributed by atoms with van der Waals surface area (Å²) in [6.45, 7) is -0.195. The summed E-state index contributed by atoms with van der Waals surface area (Å²) in [4.78, 5) is 20.3. The molecule has 0 radical (unpaired) electrons. The summed E-state index contributed by atoms with van der Waals surface area (Å²) in [5, 5.41) is 11.8. The van der Waals surface area contributed by atoms with E-state index in [1.807, 2.05) is 6.07 Å². The topological polar surface area (TPSA) is 117 Å². The molecule has 29 heavy (non-hydrogen) atoms. The van der Waals surface area contributed by atoms with Crippen LogP contribution in [0.2, 0.25) is 0 Å². The first-order chi connectivity index (χ1) is 14.0. The van der Waals surface area contributed by atoms with Crippen LogP contribution >= 0.6 is 0 Å². The van der Waals surface area contributed by atoms with Gasteiger partial charge in [-0.15, -0.1) is 0 Å². The fourth-order valence-corrected chi connectivity index (χ4v) is 2.90. The number of rotatable bonds is 7. The van der Waals surface area contributed by atoms with E-state index in [-0.39, 0.29) is 5.95 Å². The summed E-state index contributed by atoms with van der Waals surface area (Å²) in [5.74, 6) is -0.256. The Morgan fingerprint density at radius 1 is 1.17 bits per heavy atom. The highest BCUT2D eigenvalue weighted by molar-refractivity contribution is 5.94. The molecule has 3 heterocycles. The SMILES string of the molecule is NC(=O)c1ccccc1Cn1ncc2cnc(Nc3cnn(CC(F)F)c3)nc21. The number of carbonyl (C=O) groups excluding carboxylic acids is 1.